The second-order valence-electron chi connectivity index (χ2n) is 34.8. The van der Waals surface area contributed by atoms with Crippen molar-refractivity contribution in [3.63, 3.8) is 0 Å². The van der Waals surface area contributed by atoms with Crippen LogP contribution in [0.25, 0.3) is 0 Å². The van der Waals surface area contributed by atoms with Crippen molar-refractivity contribution in [2.75, 3.05) is 26.4 Å². The van der Waals surface area contributed by atoms with E-state index in [0.717, 1.165) is 77.4 Å². The van der Waals surface area contributed by atoms with E-state index in [2.05, 4.69) is 121 Å². The molecule has 12 aliphatic carbocycles. The largest absolute Gasteiger partial charge is 0.469 e. The summed E-state index contributed by atoms with van der Waals surface area (Å²) in [4.78, 5) is 53.6. The Balaban J connectivity index is 0.799. The molecule has 13 heteroatoms. The minimum absolute atomic E-state index is 0.0192. The number of hydrogen-bond acceptors (Lipinski definition) is 13. The first-order valence-electron chi connectivity index (χ1n) is 37.0. The molecule has 13 nitrogen and oxygen atoms in total. The average Bonchev–Trinajstić information content (AvgIpc) is 1.42. The number of ketones is 1. The van der Waals surface area contributed by atoms with Crippen molar-refractivity contribution in [1.29, 1.82) is 0 Å². The molecule has 30 unspecified atom stereocenters. The Morgan fingerprint density at radius 2 is 1.80 bits per heavy atom. The number of rotatable bonds is 8. The minimum atomic E-state index is -1.61. The molecule has 8 saturated carbocycles. The third-order valence-electron chi connectivity index (χ3n) is 32.7. The molecule has 4 N–H and O–H groups in total. The summed E-state index contributed by atoms with van der Waals surface area (Å²) in [6.45, 7) is 6.18. The minimum Gasteiger partial charge on any atom is -0.469 e. The summed E-state index contributed by atoms with van der Waals surface area (Å²) in [5.74, 6) is 7.14. The number of nitrogens with one attached hydrogen (secondary N) is 1. The van der Waals surface area contributed by atoms with Gasteiger partial charge in [0.2, 0.25) is 0 Å². The molecule has 8 spiro atoms. The summed E-state index contributed by atoms with van der Waals surface area (Å²) in [5.41, 5.74) is -8.54. The predicted molar refractivity (Wildman–Crippen MR) is 341 cm³/mol. The van der Waals surface area contributed by atoms with Crippen LogP contribution in [0, 0.1) is 139 Å². The van der Waals surface area contributed by atoms with E-state index in [1.54, 1.807) is 6.26 Å². The Labute approximate surface area is 546 Å². The van der Waals surface area contributed by atoms with Gasteiger partial charge >= 0.3 is 11.9 Å². The highest BCUT2D eigenvalue weighted by atomic mass is 16.7. The van der Waals surface area contributed by atoms with Crippen LogP contribution in [0.3, 0.4) is 0 Å². The standard InChI is InChI=1S/C80H92N2O11/c1-44-55-14-7-6-12-48(55)20-26-72(44)23-9-24-75-63(72)35-54-34-53-31-47-19-27-76-70(88)90-42-74(79(54,76)93-75)65-52(39-73(53,76)37-47)38-71(2)77(58-22-29-89-62(58)36-57(61(84)41-83)50-17-18-56-51(33-50)21-28-82-43-81-40-60(56)82)25-8-13-49-16-15-46(30-45-10-4-3-5-11-45)32-59(49)78(65,67(86)64(85)66(74)75)80(71)68(91-80)69(87)92-77/h3-5,9-11,19-23,26-29,35,44,46-53,55-57,59-61,63,65-68,81,83-84,86H,6-7,12,14-18,24-25,30-34,36-43H2,1-2H3. The van der Waals surface area contributed by atoms with Crippen molar-refractivity contribution in [3.8, 4) is 11.8 Å². The summed E-state index contributed by atoms with van der Waals surface area (Å²) >= 11 is 0. The number of carbonyl (C=O) groups is 3. The first kappa shape index (κ1) is 57.0. The molecule has 0 amide bonds. The van der Waals surface area contributed by atoms with E-state index in [0.29, 0.717) is 73.1 Å². The maximum Gasteiger partial charge on any atom is 0.339 e. The van der Waals surface area contributed by atoms with E-state index in [1.165, 1.54) is 30.4 Å². The molecule has 1 aromatic heterocycles. The van der Waals surface area contributed by atoms with Gasteiger partial charge < -0.3 is 43.6 Å². The fourth-order valence-corrected chi connectivity index (χ4v) is 30.0. The SMILES string of the molecule is CC1C2CCCCC2C=CC12C=CCC13OC45C(=CC21)CC1CC2C=CC46C(=O)OCC54C3C(=O)C(O)C35C7CC(Cc8ccccc8)CCC7C#CCC7(c8ccoc8CC(C(O)CO)C8CCC9C(C=CN%10CNCC9%10)C8)OC(=O)C8OC83C7(C)CC(CC16C2)C45. The highest BCUT2D eigenvalue weighted by Crippen LogP contribution is 2.94. The lowest BCUT2D eigenvalue weighted by Gasteiger charge is -2.74. The molecule has 7 aliphatic heterocycles. The second-order valence-corrected chi connectivity index (χ2v) is 34.8. The van der Waals surface area contributed by atoms with Crippen molar-refractivity contribution in [2.24, 2.45) is 127 Å². The number of fused-ring (bicyclic) bond motifs is 7. The molecule has 488 valence electrons. The monoisotopic (exact) mass is 1260 g/mol. The summed E-state index contributed by atoms with van der Waals surface area (Å²) in [6, 6.07) is 13.2. The van der Waals surface area contributed by atoms with Crippen LogP contribution in [-0.4, -0.2) is 106 Å². The molecular weight excluding hydrogens is 1160 g/mol. The van der Waals surface area contributed by atoms with Crippen LogP contribution in [0.4, 0.5) is 0 Å². The van der Waals surface area contributed by atoms with Crippen LogP contribution in [0.5, 0.6) is 0 Å². The Morgan fingerprint density at radius 1 is 0.914 bits per heavy atom. The Bertz CT molecular complexity index is 3840. The molecule has 30 atom stereocenters. The van der Waals surface area contributed by atoms with Gasteiger partial charge in [-0.1, -0.05) is 117 Å². The van der Waals surface area contributed by atoms with Gasteiger partial charge in [-0.15, -0.1) is 0 Å². The fraction of sp³-hybridized carbons (Fsp3) is 0.688. The topological polar surface area (TPSA) is 181 Å². The molecule has 5 saturated heterocycles. The number of benzene rings is 1. The van der Waals surface area contributed by atoms with Gasteiger partial charge in [-0.25, -0.2) is 4.79 Å². The number of hydrogen-bond donors (Lipinski definition) is 4. The normalized spacial score (nSPS) is 54.5. The van der Waals surface area contributed by atoms with E-state index >= 15 is 19.5 Å². The van der Waals surface area contributed by atoms with Gasteiger partial charge in [0.05, 0.1) is 49.0 Å². The molecule has 21 rings (SSSR count). The maximum atomic E-state index is 18.2. The number of cyclic esters (lactones) is 1. The van der Waals surface area contributed by atoms with Crippen LogP contribution in [-0.2, 0) is 51.8 Å². The Hall–Kier alpha value is -5.07. The molecular formula is C80H92N2O11. The zero-order valence-electron chi connectivity index (χ0n) is 54.1. The molecule has 0 radical (unpaired) electrons. The first-order chi connectivity index (χ1) is 45.2. The maximum absolute atomic E-state index is 18.2. The number of furan rings is 1. The lowest BCUT2D eigenvalue weighted by molar-refractivity contribution is -0.320. The third kappa shape index (κ3) is 6.16. The van der Waals surface area contributed by atoms with Crippen molar-refractivity contribution in [2.45, 2.75) is 183 Å². The highest BCUT2D eigenvalue weighted by Gasteiger charge is 3.02. The number of aliphatic hydroxyl groups is 3. The highest BCUT2D eigenvalue weighted by molar-refractivity contribution is 5.96. The number of carbonyl (C=O) groups excluding carboxylic acids is 3. The molecule has 1 aromatic carbocycles. The van der Waals surface area contributed by atoms with Crippen LogP contribution in [0.2, 0.25) is 0 Å². The smallest absolute Gasteiger partial charge is 0.339 e. The summed E-state index contributed by atoms with van der Waals surface area (Å²) < 4.78 is 38.4. The number of nitrogens with zero attached hydrogens (tertiary/aromatic N) is 1. The quantitative estimate of drug-likeness (QED) is 0.0850. The zero-order valence-corrected chi connectivity index (χ0v) is 54.1. The van der Waals surface area contributed by atoms with Gasteiger partial charge in [0.15, 0.2) is 17.5 Å². The van der Waals surface area contributed by atoms with Crippen molar-refractivity contribution >= 4 is 17.7 Å². The number of aliphatic hydroxyl groups excluding tert-OH is 3. The Kier molecular flexibility index (Phi) is 11.4. The number of allylic oxidation sites excluding steroid dienone is 5. The van der Waals surface area contributed by atoms with Gasteiger partial charge in [-0.3, -0.25) is 14.9 Å². The average molecular weight is 1260 g/mol. The third-order valence-corrected chi connectivity index (χ3v) is 32.7. The Morgan fingerprint density at radius 3 is 2.68 bits per heavy atom. The van der Waals surface area contributed by atoms with Crippen molar-refractivity contribution in [1.82, 2.24) is 10.2 Å². The van der Waals surface area contributed by atoms with Crippen LogP contribution >= 0.6 is 0 Å². The lowest BCUT2D eigenvalue weighted by atomic mass is 9.28. The van der Waals surface area contributed by atoms with Crippen molar-refractivity contribution in [3.05, 3.63) is 120 Å². The van der Waals surface area contributed by atoms with E-state index < -0.39 is 104 Å². The molecule has 93 heavy (non-hydrogen) atoms. The van der Waals surface area contributed by atoms with Crippen LogP contribution < -0.4 is 5.32 Å². The molecule has 13 fully saturated rings. The zero-order chi connectivity index (χ0) is 62.4. The van der Waals surface area contributed by atoms with Crippen LogP contribution in [0.1, 0.15) is 140 Å². The van der Waals surface area contributed by atoms with Crippen molar-refractivity contribution < 1.29 is 53.1 Å². The fourth-order valence-electron chi connectivity index (χ4n) is 30.0. The first-order valence-corrected chi connectivity index (χ1v) is 37.0. The van der Waals surface area contributed by atoms with Crippen LogP contribution in [0.15, 0.2) is 107 Å². The number of ether oxygens (including phenoxy) is 4. The summed E-state index contributed by atoms with van der Waals surface area (Å²) in [7, 11) is 0. The summed E-state index contributed by atoms with van der Waals surface area (Å²) in [6.07, 6.45) is 35.2. The number of epoxide rings is 1. The van der Waals surface area contributed by atoms with Gasteiger partial charge in [-0.2, -0.15) is 0 Å². The van der Waals surface area contributed by atoms with Gasteiger partial charge in [-0.05, 0) is 202 Å². The molecule has 10 bridgehead atoms. The molecule has 8 heterocycles. The van der Waals surface area contributed by atoms with E-state index in [1.807, 2.05) is 6.07 Å². The van der Waals surface area contributed by atoms with Gasteiger partial charge in [0.25, 0.3) is 0 Å². The van der Waals surface area contributed by atoms with E-state index in [4.69, 9.17) is 23.4 Å². The van der Waals surface area contributed by atoms with E-state index in [9.17, 15) is 10.2 Å². The number of Topliss-reactive ketones (excluding diaryl/α,β-unsaturated/α-hetero) is 1. The molecule has 2 aromatic rings. The van der Waals surface area contributed by atoms with Gasteiger partial charge in [0, 0.05) is 52.7 Å². The predicted octanol–water partition coefficient (Wildman–Crippen LogP) is 10.3. The lowest BCUT2D eigenvalue weighted by Crippen LogP contribution is -2.84. The number of esters is 2. The summed E-state index contributed by atoms with van der Waals surface area (Å²) in [5, 5.41) is 42.2. The molecule has 19 aliphatic rings. The second kappa shape index (κ2) is 18.6. The van der Waals surface area contributed by atoms with Gasteiger partial charge in [0.1, 0.15) is 35.1 Å². The van der Waals surface area contributed by atoms with E-state index in [-0.39, 0.29) is 78.0 Å².